The van der Waals surface area contributed by atoms with E-state index >= 15 is 0 Å². The van der Waals surface area contributed by atoms with Gasteiger partial charge in [-0.25, -0.2) is 0 Å². The fraction of sp³-hybridized carbons (Fsp3) is 0.286. The molecule has 0 saturated carbocycles. The molecule has 0 aliphatic rings. The lowest BCUT2D eigenvalue weighted by Gasteiger charge is -2.13. The Labute approximate surface area is 71.6 Å². The summed E-state index contributed by atoms with van der Waals surface area (Å²) in [6.45, 7) is 0. The molecule has 1 heterocycles. The molecule has 0 aromatic carbocycles. The fourth-order valence-electron chi connectivity index (χ4n) is 0.823. The number of aliphatic hydroxyl groups is 1. The van der Waals surface area contributed by atoms with Crippen LogP contribution in [0.3, 0.4) is 0 Å². The van der Waals surface area contributed by atoms with E-state index in [0.29, 0.717) is 6.20 Å². The Kier molecular flexibility index (Phi) is 2.42. The molecule has 13 heavy (non-hydrogen) atoms. The van der Waals surface area contributed by atoms with E-state index in [1.807, 2.05) is 0 Å². The van der Waals surface area contributed by atoms with Crippen LogP contribution in [0.1, 0.15) is 11.7 Å². The van der Waals surface area contributed by atoms with Crippen LogP contribution >= 0.6 is 0 Å². The molecule has 1 rings (SSSR count). The van der Waals surface area contributed by atoms with Crippen molar-refractivity contribution < 1.29 is 23.0 Å². The first-order valence-electron chi connectivity index (χ1n) is 3.35. The average molecular weight is 193 g/mol. The van der Waals surface area contributed by atoms with E-state index in [1.165, 1.54) is 0 Å². The zero-order valence-corrected chi connectivity index (χ0v) is 6.32. The maximum Gasteiger partial charge on any atom is 0.418 e. The first-order chi connectivity index (χ1) is 5.91. The highest BCUT2D eigenvalue weighted by molar-refractivity contribution is 5.10. The maximum atomic E-state index is 11.9. The van der Waals surface area contributed by atoms with Crippen LogP contribution in [0.2, 0.25) is 0 Å². The van der Waals surface area contributed by atoms with Crippen LogP contribution in [-0.4, -0.2) is 11.3 Å². The first kappa shape index (κ1) is 9.79. The minimum atomic E-state index is -4.74. The molecule has 0 radical (unpaired) electrons. The molecule has 0 saturated heterocycles. The van der Waals surface area contributed by atoms with Crippen molar-refractivity contribution in [2.75, 3.05) is 0 Å². The number of alkyl halides is 3. The Morgan fingerprint density at radius 3 is 2.54 bits per heavy atom. The summed E-state index contributed by atoms with van der Waals surface area (Å²) in [4.78, 5) is 0. The van der Waals surface area contributed by atoms with Crippen LogP contribution in [0.5, 0.6) is 0 Å². The highest BCUT2D eigenvalue weighted by Crippen LogP contribution is 2.31. The number of aliphatic hydroxyl groups excluding tert-OH is 1. The molecule has 1 aromatic heterocycles. The average Bonchev–Trinajstić information content (AvgIpc) is 2.01. The van der Waals surface area contributed by atoms with Crippen molar-refractivity contribution in [3.8, 4) is 0 Å². The molecule has 1 unspecified atom stereocenters. The summed E-state index contributed by atoms with van der Waals surface area (Å²) in [5.74, 6) is 0. The standard InChI is InChI=1S/C7H6F3NO2/c8-7(9,10)6(12)5-2-1-3-11(13)4-5/h1-4,6,12H. The van der Waals surface area contributed by atoms with Crippen molar-refractivity contribution in [2.24, 2.45) is 0 Å². The van der Waals surface area contributed by atoms with Gasteiger partial charge in [0.05, 0.1) is 5.56 Å². The van der Waals surface area contributed by atoms with E-state index in [9.17, 15) is 18.4 Å². The van der Waals surface area contributed by atoms with Crippen LogP contribution in [-0.2, 0) is 0 Å². The molecule has 0 fully saturated rings. The quantitative estimate of drug-likeness (QED) is 0.532. The van der Waals surface area contributed by atoms with Crippen molar-refractivity contribution >= 4 is 0 Å². The largest absolute Gasteiger partial charge is 0.619 e. The summed E-state index contributed by atoms with van der Waals surface area (Å²) < 4.78 is 35.9. The first-order valence-corrected chi connectivity index (χ1v) is 3.35. The topological polar surface area (TPSA) is 47.2 Å². The molecule has 0 spiro atoms. The molecule has 6 heteroatoms. The van der Waals surface area contributed by atoms with Crippen molar-refractivity contribution in [1.82, 2.24) is 0 Å². The van der Waals surface area contributed by atoms with Crippen LogP contribution < -0.4 is 4.73 Å². The molecule has 72 valence electrons. The SMILES string of the molecule is [O-][n+]1cccc(C(O)C(F)(F)F)c1. The molecule has 0 amide bonds. The summed E-state index contributed by atoms with van der Waals surface area (Å²) in [7, 11) is 0. The van der Waals surface area contributed by atoms with Crippen LogP contribution in [0, 0.1) is 5.21 Å². The van der Waals surface area contributed by atoms with Gasteiger partial charge in [-0.2, -0.15) is 17.9 Å². The Morgan fingerprint density at radius 2 is 2.08 bits per heavy atom. The number of halogens is 3. The number of nitrogens with zero attached hydrogens (tertiary/aromatic N) is 1. The predicted octanol–water partition coefficient (Wildman–Crippen LogP) is 0.916. The minimum absolute atomic E-state index is 0.199. The minimum Gasteiger partial charge on any atom is -0.619 e. The summed E-state index contributed by atoms with van der Waals surface area (Å²) in [5, 5.41) is 19.3. The molecule has 0 bridgehead atoms. The fourth-order valence-corrected chi connectivity index (χ4v) is 0.823. The lowest BCUT2D eigenvalue weighted by atomic mass is 10.1. The van der Waals surface area contributed by atoms with Gasteiger partial charge < -0.3 is 10.3 Å². The van der Waals surface area contributed by atoms with E-state index in [0.717, 1.165) is 18.3 Å². The van der Waals surface area contributed by atoms with E-state index in [2.05, 4.69) is 0 Å². The normalized spacial score (nSPS) is 14.2. The van der Waals surface area contributed by atoms with Crippen LogP contribution in [0.4, 0.5) is 13.2 Å². The second-order valence-corrected chi connectivity index (χ2v) is 2.44. The van der Waals surface area contributed by atoms with Gasteiger partial charge in [-0.1, -0.05) is 0 Å². The number of rotatable bonds is 1. The van der Waals surface area contributed by atoms with Gasteiger partial charge >= 0.3 is 6.18 Å². The van der Waals surface area contributed by atoms with Gasteiger partial charge in [-0.3, -0.25) is 0 Å². The molecule has 1 N–H and O–H groups in total. The van der Waals surface area contributed by atoms with Crippen molar-refractivity contribution in [3.63, 3.8) is 0 Å². The maximum absolute atomic E-state index is 11.9. The Balaban J connectivity index is 2.96. The Bertz CT molecular complexity index is 300. The Morgan fingerprint density at radius 1 is 1.46 bits per heavy atom. The molecular weight excluding hydrogens is 187 g/mol. The van der Waals surface area contributed by atoms with Crippen LogP contribution in [0.15, 0.2) is 24.5 Å². The molecule has 1 atom stereocenters. The van der Waals surface area contributed by atoms with Gasteiger partial charge in [0.2, 0.25) is 0 Å². The lowest BCUT2D eigenvalue weighted by molar-refractivity contribution is -0.606. The molecular formula is C7H6F3NO2. The number of pyridine rings is 1. The summed E-state index contributed by atoms with van der Waals surface area (Å²) in [6, 6.07) is 2.17. The Hall–Kier alpha value is -1.30. The third-order valence-corrected chi connectivity index (χ3v) is 1.42. The summed E-state index contributed by atoms with van der Waals surface area (Å²) in [6.07, 6.45) is -5.63. The van der Waals surface area contributed by atoms with Crippen molar-refractivity contribution in [1.29, 1.82) is 0 Å². The third kappa shape index (κ3) is 2.32. The second kappa shape index (κ2) is 3.21. The number of hydrogen-bond donors (Lipinski definition) is 1. The second-order valence-electron chi connectivity index (χ2n) is 2.44. The van der Waals surface area contributed by atoms with Crippen LogP contribution in [0.25, 0.3) is 0 Å². The summed E-state index contributed by atoms with van der Waals surface area (Å²) in [5.41, 5.74) is -0.468. The zero-order chi connectivity index (χ0) is 10.1. The van der Waals surface area contributed by atoms with Gasteiger partial charge in [-0.15, -0.1) is 0 Å². The molecule has 3 nitrogen and oxygen atoms in total. The number of hydrogen-bond acceptors (Lipinski definition) is 2. The third-order valence-electron chi connectivity index (χ3n) is 1.42. The highest BCUT2D eigenvalue weighted by atomic mass is 19.4. The smallest absolute Gasteiger partial charge is 0.418 e. The molecule has 0 aliphatic heterocycles. The van der Waals surface area contributed by atoms with Gasteiger partial charge in [0.25, 0.3) is 0 Å². The summed E-state index contributed by atoms with van der Waals surface area (Å²) >= 11 is 0. The van der Waals surface area contributed by atoms with Gasteiger partial charge in [0.15, 0.2) is 18.5 Å². The number of aromatic nitrogens is 1. The molecule has 0 aliphatic carbocycles. The highest BCUT2D eigenvalue weighted by Gasteiger charge is 2.40. The van der Waals surface area contributed by atoms with E-state index < -0.39 is 17.8 Å². The van der Waals surface area contributed by atoms with E-state index in [4.69, 9.17) is 5.11 Å². The van der Waals surface area contributed by atoms with E-state index in [1.54, 1.807) is 0 Å². The van der Waals surface area contributed by atoms with E-state index in [-0.39, 0.29) is 4.73 Å². The van der Waals surface area contributed by atoms with Gasteiger partial charge in [0, 0.05) is 6.07 Å². The van der Waals surface area contributed by atoms with Gasteiger partial charge in [0.1, 0.15) is 0 Å². The van der Waals surface area contributed by atoms with Crippen molar-refractivity contribution in [2.45, 2.75) is 12.3 Å². The lowest BCUT2D eigenvalue weighted by Crippen LogP contribution is -2.28. The monoisotopic (exact) mass is 193 g/mol. The predicted molar refractivity (Wildman–Crippen MR) is 36.4 cm³/mol. The van der Waals surface area contributed by atoms with Gasteiger partial charge in [-0.05, 0) is 6.07 Å². The molecule has 1 aromatic rings. The zero-order valence-electron chi connectivity index (χ0n) is 6.32. The van der Waals surface area contributed by atoms with Crippen molar-refractivity contribution in [3.05, 3.63) is 35.3 Å².